The van der Waals surface area contributed by atoms with Gasteiger partial charge in [0.15, 0.2) is 0 Å². The summed E-state index contributed by atoms with van der Waals surface area (Å²) in [5.74, 6) is 1.75. The standard InChI is InChI=1S/C29H37ClN4O2/c1-21-22(2)28(36-18-6-15-33-14-5-13-31-33)12-10-25(21)27-8-4-7-24-20-32(16-17-34(24)27)23-9-11-26(30)29(19-23)35-3/h5,9-14,19,24,27H,4,6-8,15-18,20H2,1-3H3/t24?,27-/m1/s1. The van der Waals surface area contributed by atoms with E-state index in [1.807, 2.05) is 29.2 Å². The van der Waals surface area contributed by atoms with Gasteiger partial charge in [0.25, 0.3) is 0 Å². The number of benzene rings is 2. The molecule has 2 aliphatic heterocycles. The van der Waals surface area contributed by atoms with Crippen molar-refractivity contribution < 1.29 is 9.47 Å². The van der Waals surface area contributed by atoms with E-state index in [0.29, 0.717) is 23.7 Å². The maximum absolute atomic E-state index is 6.26. The Morgan fingerprint density at radius 3 is 2.75 bits per heavy atom. The van der Waals surface area contributed by atoms with E-state index in [2.05, 4.69) is 53.0 Å². The van der Waals surface area contributed by atoms with Crippen LogP contribution in [0.5, 0.6) is 11.5 Å². The summed E-state index contributed by atoms with van der Waals surface area (Å²) in [4.78, 5) is 5.24. The summed E-state index contributed by atoms with van der Waals surface area (Å²) >= 11 is 6.26. The van der Waals surface area contributed by atoms with Crippen LogP contribution in [0.25, 0.3) is 0 Å². The fourth-order valence-corrected chi connectivity index (χ4v) is 6.03. The smallest absolute Gasteiger partial charge is 0.139 e. The Labute approximate surface area is 219 Å². The quantitative estimate of drug-likeness (QED) is 0.347. The summed E-state index contributed by atoms with van der Waals surface area (Å²) in [6.45, 7) is 9.15. The van der Waals surface area contributed by atoms with E-state index in [4.69, 9.17) is 21.1 Å². The van der Waals surface area contributed by atoms with E-state index in [1.54, 1.807) is 7.11 Å². The molecule has 2 fully saturated rings. The maximum atomic E-state index is 6.26. The number of hydrogen-bond acceptors (Lipinski definition) is 5. The summed E-state index contributed by atoms with van der Waals surface area (Å²) < 4.78 is 13.6. The second-order valence-electron chi connectivity index (χ2n) is 9.98. The van der Waals surface area contributed by atoms with E-state index >= 15 is 0 Å². The van der Waals surface area contributed by atoms with Gasteiger partial charge in [0.05, 0.1) is 18.7 Å². The second-order valence-corrected chi connectivity index (χ2v) is 10.4. The van der Waals surface area contributed by atoms with Gasteiger partial charge in [0, 0.05) is 68.8 Å². The lowest BCUT2D eigenvalue weighted by Crippen LogP contribution is -2.56. The SMILES string of the molecule is COc1cc(N2CCN3C(CCC[C@@H]3c3ccc(OCCCn4cccn4)c(C)c3C)C2)ccc1Cl. The maximum Gasteiger partial charge on any atom is 0.139 e. The van der Waals surface area contributed by atoms with Gasteiger partial charge in [-0.25, -0.2) is 0 Å². The van der Waals surface area contributed by atoms with Crippen LogP contribution in [0.1, 0.15) is 48.4 Å². The van der Waals surface area contributed by atoms with Gasteiger partial charge in [-0.2, -0.15) is 5.10 Å². The molecule has 7 heteroatoms. The summed E-state index contributed by atoms with van der Waals surface area (Å²) in [5.41, 5.74) is 5.29. The molecule has 3 heterocycles. The van der Waals surface area contributed by atoms with Gasteiger partial charge in [-0.15, -0.1) is 0 Å². The largest absolute Gasteiger partial charge is 0.495 e. The van der Waals surface area contributed by atoms with E-state index < -0.39 is 0 Å². The lowest BCUT2D eigenvalue weighted by atomic mass is 9.86. The van der Waals surface area contributed by atoms with E-state index in [9.17, 15) is 0 Å². The molecule has 192 valence electrons. The normalized spacial score (nSPS) is 20.3. The summed E-state index contributed by atoms with van der Waals surface area (Å²) in [6.07, 6.45) is 8.47. The van der Waals surface area contributed by atoms with Gasteiger partial charge in [-0.1, -0.05) is 17.7 Å². The highest BCUT2D eigenvalue weighted by molar-refractivity contribution is 6.32. The number of halogens is 1. The van der Waals surface area contributed by atoms with Crippen LogP contribution in [0.3, 0.4) is 0 Å². The Kier molecular flexibility index (Phi) is 7.73. The molecule has 5 rings (SSSR count). The lowest BCUT2D eigenvalue weighted by Gasteiger charge is -2.49. The van der Waals surface area contributed by atoms with Crippen molar-refractivity contribution in [2.75, 3.05) is 38.3 Å². The molecule has 6 nitrogen and oxygen atoms in total. The molecule has 0 N–H and O–H groups in total. The molecular formula is C29H37ClN4O2. The van der Waals surface area contributed by atoms with Crippen LogP contribution in [0, 0.1) is 13.8 Å². The number of methoxy groups -OCH3 is 1. The number of piperidine rings is 1. The van der Waals surface area contributed by atoms with Crippen molar-refractivity contribution in [1.29, 1.82) is 0 Å². The predicted octanol–water partition coefficient (Wildman–Crippen LogP) is 6.05. The zero-order valence-electron chi connectivity index (χ0n) is 21.6. The molecule has 0 amide bonds. The molecule has 3 aromatic rings. The van der Waals surface area contributed by atoms with Crippen LogP contribution < -0.4 is 14.4 Å². The number of hydrogen-bond donors (Lipinski definition) is 0. The van der Waals surface area contributed by atoms with Crippen molar-refractivity contribution in [3.05, 3.63) is 70.5 Å². The average molecular weight is 509 g/mol. The molecule has 0 aliphatic carbocycles. The first-order chi connectivity index (χ1) is 17.5. The number of piperazine rings is 1. The third-order valence-corrected chi connectivity index (χ3v) is 8.24. The molecule has 1 aromatic heterocycles. The fraction of sp³-hybridized carbons (Fsp3) is 0.483. The molecule has 2 aromatic carbocycles. The molecule has 1 unspecified atom stereocenters. The van der Waals surface area contributed by atoms with Crippen molar-refractivity contribution in [2.45, 2.75) is 58.2 Å². The highest BCUT2D eigenvalue weighted by Crippen LogP contribution is 2.40. The Balaban J connectivity index is 1.25. The number of aromatic nitrogens is 2. The van der Waals surface area contributed by atoms with Crippen LogP contribution in [0.4, 0.5) is 5.69 Å². The Bertz CT molecular complexity index is 1170. The number of nitrogens with zero attached hydrogens (tertiary/aromatic N) is 4. The van der Waals surface area contributed by atoms with Gasteiger partial charge >= 0.3 is 0 Å². The minimum absolute atomic E-state index is 0.471. The van der Waals surface area contributed by atoms with Gasteiger partial charge < -0.3 is 14.4 Å². The first-order valence-electron chi connectivity index (χ1n) is 13.1. The minimum atomic E-state index is 0.471. The van der Waals surface area contributed by atoms with Crippen LogP contribution in [-0.2, 0) is 6.54 Å². The van der Waals surface area contributed by atoms with Crippen LogP contribution in [-0.4, -0.2) is 54.1 Å². The Morgan fingerprint density at radius 1 is 1.06 bits per heavy atom. The summed E-state index contributed by atoms with van der Waals surface area (Å²) in [7, 11) is 1.68. The third-order valence-electron chi connectivity index (χ3n) is 7.93. The Hall–Kier alpha value is -2.70. The van der Waals surface area contributed by atoms with Crippen molar-refractivity contribution in [1.82, 2.24) is 14.7 Å². The van der Waals surface area contributed by atoms with Crippen molar-refractivity contribution >= 4 is 17.3 Å². The first-order valence-corrected chi connectivity index (χ1v) is 13.5. The molecule has 36 heavy (non-hydrogen) atoms. The highest BCUT2D eigenvalue weighted by atomic mass is 35.5. The number of fused-ring (bicyclic) bond motifs is 1. The molecule has 2 atom stereocenters. The number of aryl methyl sites for hydroxylation is 1. The van der Waals surface area contributed by atoms with Crippen molar-refractivity contribution in [3.63, 3.8) is 0 Å². The van der Waals surface area contributed by atoms with Gasteiger partial charge in [0.2, 0.25) is 0 Å². The van der Waals surface area contributed by atoms with Crippen LogP contribution in [0.2, 0.25) is 5.02 Å². The van der Waals surface area contributed by atoms with E-state index in [-0.39, 0.29) is 0 Å². The van der Waals surface area contributed by atoms with Crippen molar-refractivity contribution in [2.24, 2.45) is 0 Å². The van der Waals surface area contributed by atoms with Gasteiger partial charge in [-0.3, -0.25) is 9.58 Å². The minimum Gasteiger partial charge on any atom is -0.495 e. The highest BCUT2D eigenvalue weighted by Gasteiger charge is 2.36. The average Bonchev–Trinajstić information content (AvgIpc) is 3.42. The number of rotatable bonds is 8. The van der Waals surface area contributed by atoms with E-state index in [1.165, 1.54) is 41.6 Å². The first kappa shape index (κ1) is 25.0. The third kappa shape index (κ3) is 5.21. The summed E-state index contributed by atoms with van der Waals surface area (Å²) in [5, 5.41) is 4.93. The van der Waals surface area contributed by atoms with E-state index in [0.717, 1.165) is 44.1 Å². The molecular weight excluding hydrogens is 472 g/mol. The predicted molar refractivity (Wildman–Crippen MR) is 146 cm³/mol. The molecule has 0 spiro atoms. The Morgan fingerprint density at radius 2 is 1.94 bits per heavy atom. The van der Waals surface area contributed by atoms with Crippen LogP contribution >= 0.6 is 11.6 Å². The molecule has 2 saturated heterocycles. The van der Waals surface area contributed by atoms with Gasteiger partial charge in [-0.05, 0) is 74.1 Å². The molecule has 0 bridgehead atoms. The topological polar surface area (TPSA) is 42.8 Å². The van der Waals surface area contributed by atoms with Crippen LogP contribution in [0.15, 0.2) is 48.8 Å². The fourth-order valence-electron chi connectivity index (χ4n) is 5.84. The summed E-state index contributed by atoms with van der Waals surface area (Å²) in [6, 6.07) is 13.6. The second kappa shape index (κ2) is 11.1. The van der Waals surface area contributed by atoms with Crippen molar-refractivity contribution in [3.8, 4) is 11.5 Å². The lowest BCUT2D eigenvalue weighted by molar-refractivity contribution is 0.0712. The number of ether oxygens (including phenoxy) is 2. The molecule has 0 saturated carbocycles. The zero-order valence-corrected chi connectivity index (χ0v) is 22.4. The molecule has 0 radical (unpaired) electrons. The monoisotopic (exact) mass is 508 g/mol. The number of anilines is 1. The molecule has 2 aliphatic rings. The van der Waals surface area contributed by atoms with Gasteiger partial charge in [0.1, 0.15) is 11.5 Å². The zero-order chi connectivity index (χ0) is 25.1.